The van der Waals surface area contributed by atoms with E-state index in [1.807, 2.05) is 44.2 Å². The first-order valence-electron chi connectivity index (χ1n) is 6.22. The number of amides is 1. The number of ether oxygens (including phenoxy) is 1. The van der Waals surface area contributed by atoms with E-state index in [1.54, 1.807) is 7.11 Å². The van der Waals surface area contributed by atoms with Crippen LogP contribution in [0.15, 0.2) is 30.3 Å². The number of methoxy groups -OCH3 is 1. The fourth-order valence-electron chi connectivity index (χ4n) is 1.72. The van der Waals surface area contributed by atoms with Crippen molar-refractivity contribution in [1.29, 1.82) is 0 Å². The molecule has 0 bridgehead atoms. The molecule has 0 aliphatic heterocycles. The number of nitrogens with one attached hydrogen (secondary N) is 2. The van der Waals surface area contributed by atoms with Crippen molar-refractivity contribution in [2.45, 2.75) is 25.9 Å². The minimum absolute atomic E-state index is 0.00479. The second-order valence-corrected chi connectivity index (χ2v) is 4.30. The van der Waals surface area contributed by atoms with Crippen LogP contribution < -0.4 is 10.6 Å². The van der Waals surface area contributed by atoms with Crippen LogP contribution in [-0.4, -0.2) is 32.2 Å². The van der Waals surface area contributed by atoms with Gasteiger partial charge in [-0.15, -0.1) is 0 Å². The topological polar surface area (TPSA) is 50.4 Å². The zero-order chi connectivity index (χ0) is 13.4. The van der Waals surface area contributed by atoms with Crippen molar-refractivity contribution >= 4 is 5.91 Å². The van der Waals surface area contributed by atoms with Crippen LogP contribution in [0.25, 0.3) is 0 Å². The van der Waals surface area contributed by atoms with Gasteiger partial charge in [0.2, 0.25) is 5.91 Å². The third kappa shape index (κ3) is 4.85. The first kappa shape index (κ1) is 14.7. The first-order valence-corrected chi connectivity index (χ1v) is 6.22. The summed E-state index contributed by atoms with van der Waals surface area (Å²) in [5.74, 6) is -0.00479. The lowest BCUT2D eigenvalue weighted by Crippen LogP contribution is -2.44. The summed E-state index contributed by atoms with van der Waals surface area (Å²) in [5.41, 5.74) is 1.18. The summed E-state index contributed by atoms with van der Waals surface area (Å²) in [4.78, 5) is 11.8. The molecule has 1 aromatic rings. The van der Waals surface area contributed by atoms with E-state index in [0.29, 0.717) is 13.2 Å². The molecule has 2 atom stereocenters. The van der Waals surface area contributed by atoms with Crippen LogP contribution in [0.4, 0.5) is 0 Å². The zero-order valence-electron chi connectivity index (χ0n) is 11.3. The van der Waals surface area contributed by atoms with E-state index >= 15 is 0 Å². The number of hydrogen-bond donors (Lipinski definition) is 2. The van der Waals surface area contributed by atoms with Gasteiger partial charge in [-0.1, -0.05) is 30.3 Å². The van der Waals surface area contributed by atoms with Gasteiger partial charge in [0, 0.05) is 19.7 Å². The summed E-state index contributed by atoms with van der Waals surface area (Å²) in [6, 6.07) is 10.00. The number of rotatable bonds is 7. The lowest BCUT2D eigenvalue weighted by Gasteiger charge is -2.19. The third-order valence-corrected chi connectivity index (χ3v) is 2.80. The first-order chi connectivity index (χ1) is 8.65. The summed E-state index contributed by atoms with van der Waals surface area (Å²) in [5, 5.41) is 6.08. The Bertz CT molecular complexity index is 354. The van der Waals surface area contributed by atoms with Gasteiger partial charge in [-0.3, -0.25) is 10.1 Å². The van der Waals surface area contributed by atoms with Crippen molar-refractivity contribution in [3.05, 3.63) is 35.9 Å². The Kier molecular flexibility index (Phi) is 6.39. The molecule has 0 radical (unpaired) electrons. The van der Waals surface area contributed by atoms with Gasteiger partial charge in [0.25, 0.3) is 0 Å². The molecule has 100 valence electrons. The average molecular weight is 250 g/mol. The van der Waals surface area contributed by atoms with Gasteiger partial charge in [-0.25, -0.2) is 0 Å². The molecule has 1 rings (SSSR count). The molecule has 0 aromatic heterocycles. The van der Waals surface area contributed by atoms with E-state index in [1.165, 1.54) is 5.56 Å². The standard InChI is InChI=1S/C14H22N2O2/c1-11(13-7-5-4-6-8-13)16-12(2)14(17)15-9-10-18-3/h4-8,11-12,16H,9-10H2,1-3H3,(H,15,17). The van der Waals surface area contributed by atoms with Crippen LogP contribution in [0.5, 0.6) is 0 Å². The smallest absolute Gasteiger partial charge is 0.236 e. The van der Waals surface area contributed by atoms with Gasteiger partial charge in [-0.05, 0) is 19.4 Å². The van der Waals surface area contributed by atoms with Crippen LogP contribution in [-0.2, 0) is 9.53 Å². The Hall–Kier alpha value is -1.39. The molecule has 0 saturated heterocycles. The van der Waals surface area contributed by atoms with Gasteiger partial charge in [0.05, 0.1) is 12.6 Å². The van der Waals surface area contributed by atoms with Crippen molar-refractivity contribution < 1.29 is 9.53 Å². The van der Waals surface area contributed by atoms with Crippen molar-refractivity contribution in [1.82, 2.24) is 10.6 Å². The maximum atomic E-state index is 11.8. The highest BCUT2D eigenvalue weighted by atomic mass is 16.5. The maximum Gasteiger partial charge on any atom is 0.236 e. The van der Waals surface area contributed by atoms with E-state index in [9.17, 15) is 4.79 Å². The average Bonchev–Trinajstić information content (AvgIpc) is 2.39. The maximum absolute atomic E-state index is 11.8. The monoisotopic (exact) mass is 250 g/mol. The van der Waals surface area contributed by atoms with E-state index in [-0.39, 0.29) is 18.0 Å². The summed E-state index contributed by atoms with van der Waals surface area (Å²) >= 11 is 0. The normalized spacial score (nSPS) is 13.9. The zero-order valence-corrected chi connectivity index (χ0v) is 11.3. The van der Waals surface area contributed by atoms with Gasteiger partial charge in [-0.2, -0.15) is 0 Å². The van der Waals surface area contributed by atoms with E-state index in [0.717, 1.165) is 0 Å². The molecule has 2 unspecified atom stereocenters. The van der Waals surface area contributed by atoms with Crippen molar-refractivity contribution in [2.75, 3.05) is 20.3 Å². The fraction of sp³-hybridized carbons (Fsp3) is 0.500. The third-order valence-electron chi connectivity index (χ3n) is 2.80. The summed E-state index contributed by atoms with van der Waals surface area (Å²) in [7, 11) is 1.62. The number of carbonyl (C=O) groups is 1. The van der Waals surface area contributed by atoms with Crippen molar-refractivity contribution in [3.8, 4) is 0 Å². The van der Waals surface area contributed by atoms with Crippen LogP contribution in [0.3, 0.4) is 0 Å². The second kappa shape index (κ2) is 7.84. The van der Waals surface area contributed by atoms with Gasteiger partial charge >= 0.3 is 0 Å². The summed E-state index contributed by atoms with van der Waals surface area (Å²) in [6.45, 7) is 4.99. The van der Waals surface area contributed by atoms with E-state index in [2.05, 4.69) is 10.6 Å². The lowest BCUT2D eigenvalue weighted by molar-refractivity contribution is -0.123. The lowest BCUT2D eigenvalue weighted by atomic mass is 10.1. The Morgan fingerprint density at radius 3 is 2.56 bits per heavy atom. The Balaban J connectivity index is 2.39. The SMILES string of the molecule is COCCNC(=O)C(C)NC(C)c1ccccc1. The van der Waals surface area contributed by atoms with Gasteiger partial charge in [0.15, 0.2) is 0 Å². The molecule has 0 fully saturated rings. The minimum Gasteiger partial charge on any atom is -0.383 e. The molecule has 0 spiro atoms. The molecule has 4 heteroatoms. The molecular weight excluding hydrogens is 228 g/mol. The van der Waals surface area contributed by atoms with Crippen molar-refractivity contribution in [3.63, 3.8) is 0 Å². The molecule has 1 amide bonds. The Morgan fingerprint density at radius 2 is 1.94 bits per heavy atom. The molecule has 0 saturated carbocycles. The van der Waals surface area contributed by atoms with Crippen LogP contribution in [0.1, 0.15) is 25.5 Å². The molecule has 18 heavy (non-hydrogen) atoms. The molecular formula is C14H22N2O2. The van der Waals surface area contributed by atoms with Crippen LogP contribution in [0, 0.1) is 0 Å². The molecule has 0 heterocycles. The summed E-state index contributed by atoms with van der Waals surface area (Å²) < 4.78 is 4.89. The Labute approximate surface area is 109 Å². The highest BCUT2D eigenvalue weighted by molar-refractivity contribution is 5.81. The quantitative estimate of drug-likeness (QED) is 0.721. The predicted molar refractivity (Wildman–Crippen MR) is 72.3 cm³/mol. The van der Waals surface area contributed by atoms with Crippen LogP contribution >= 0.6 is 0 Å². The second-order valence-electron chi connectivity index (χ2n) is 4.30. The van der Waals surface area contributed by atoms with E-state index < -0.39 is 0 Å². The minimum atomic E-state index is -0.225. The highest BCUT2D eigenvalue weighted by Crippen LogP contribution is 2.11. The fourth-order valence-corrected chi connectivity index (χ4v) is 1.72. The van der Waals surface area contributed by atoms with E-state index in [4.69, 9.17) is 4.74 Å². The van der Waals surface area contributed by atoms with Gasteiger partial charge < -0.3 is 10.1 Å². The number of hydrogen-bond acceptors (Lipinski definition) is 3. The predicted octanol–water partition coefficient (Wildman–Crippen LogP) is 1.49. The van der Waals surface area contributed by atoms with Crippen molar-refractivity contribution in [2.24, 2.45) is 0 Å². The number of benzene rings is 1. The van der Waals surface area contributed by atoms with Gasteiger partial charge in [0.1, 0.15) is 0 Å². The van der Waals surface area contributed by atoms with Crippen LogP contribution in [0.2, 0.25) is 0 Å². The molecule has 1 aromatic carbocycles. The molecule has 0 aliphatic rings. The summed E-state index contributed by atoms with van der Waals surface area (Å²) in [6.07, 6.45) is 0. The highest BCUT2D eigenvalue weighted by Gasteiger charge is 2.15. The molecule has 4 nitrogen and oxygen atoms in total. The Morgan fingerprint density at radius 1 is 1.28 bits per heavy atom. The molecule has 2 N–H and O–H groups in total. The number of carbonyl (C=O) groups excluding carboxylic acids is 1. The largest absolute Gasteiger partial charge is 0.383 e. The molecule has 0 aliphatic carbocycles.